The molecule has 37 heavy (non-hydrogen) atoms. The number of aliphatic hydroxyl groups is 1. The highest BCUT2D eigenvalue weighted by Crippen LogP contribution is 2.37. The Balaban J connectivity index is 1.39. The Morgan fingerprint density at radius 2 is 2.16 bits per heavy atom. The standard InChI is InChI=1S/C26H30ClN7O2S/c1-33-20-5-3-18(24(36)29-17-6-8-28-13-17)22(15-7-9-34(14-15)10-11-35)23(20)31-25(33)32-26-30-19-4-2-16(27)12-21(19)37-26/h2-5,12,15,17,28,35H,6-11,13-14H2,1H3,(H,29,36)(H,30,31,32)/t15-,17+/m0/s1. The summed E-state index contributed by atoms with van der Waals surface area (Å²) >= 11 is 7.68. The molecule has 4 aromatic rings. The molecule has 2 saturated heterocycles. The molecule has 6 rings (SSSR count). The van der Waals surface area contributed by atoms with Gasteiger partial charge in [-0.15, -0.1) is 0 Å². The molecule has 2 aliphatic rings. The topological polar surface area (TPSA) is 107 Å². The van der Waals surface area contributed by atoms with E-state index in [1.807, 2.05) is 41.9 Å². The number of hydrogen-bond acceptors (Lipinski definition) is 8. The summed E-state index contributed by atoms with van der Waals surface area (Å²) in [7, 11) is 1.97. The lowest BCUT2D eigenvalue weighted by Gasteiger charge is -2.19. The molecule has 2 atom stereocenters. The summed E-state index contributed by atoms with van der Waals surface area (Å²) in [5.74, 6) is 0.781. The second-order valence-electron chi connectivity index (χ2n) is 9.82. The maximum atomic E-state index is 13.5. The third kappa shape index (κ3) is 4.80. The fraction of sp³-hybridized carbons (Fsp3) is 0.423. The average molecular weight is 540 g/mol. The molecule has 9 nitrogen and oxygen atoms in total. The number of aromatic nitrogens is 3. The molecule has 0 bridgehead atoms. The highest BCUT2D eigenvalue weighted by molar-refractivity contribution is 7.22. The number of carbonyl (C=O) groups is 1. The van der Waals surface area contributed by atoms with E-state index in [2.05, 4.69) is 25.8 Å². The van der Waals surface area contributed by atoms with Crippen LogP contribution in [0.5, 0.6) is 0 Å². The number of imidazole rings is 1. The van der Waals surface area contributed by atoms with Gasteiger partial charge in [-0.25, -0.2) is 9.97 Å². The first-order valence-electron chi connectivity index (χ1n) is 12.7. The van der Waals surface area contributed by atoms with Crippen molar-refractivity contribution in [1.82, 2.24) is 30.1 Å². The van der Waals surface area contributed by atoms with E-state index in [-0.39, 0.29) is 24.5 Å². The van der Waals surface area contributed by atoms with Crippen LogP contribution >= 0.6 is 22.9 Å². The number of β-amino-alcohol motifs (C(OH)–C–C–N with tert-alkyl or cyclic N) is 1. The Morgan fingerprint density at radius 3 is 2.97 bits per heavy atom. The summed E-state index contributed by atoms with van der Waals surface area (Å²) in [6, 6.07) is 9.72. The number of nitrogens with one attached hydrogen (secondary N) is 3. The highest BCUT2D eigenvalue weighted by atomic mass is 35.5. The number of carbonyl (C=O) groups excluding carboxylic acids is 1. The average Bonchev–Trinajstić information content (AvgIpc) is 3.67. The van der Waals surface area contributed by atoms with Crippen molar-refractivity contribution < 1.29 is 9.90 Å². The van der Waals surface area contributed by atoms with Gasteiger partial charge >= 0.3 is 0 Å². The molecule has 194 valence electrons. The zero-order valence-corrected chi connectivity index (χ0v) is 22.2. The minimum absolute atomic E-state index is 0.0468. The maximum Gasteiger partial charge on any atom is 0.251 e. The van der Waals surface area contributed by atoms with Gasteiger partial charge < -0.3 is 30.5 Å². The van der Waals surface area contributed by atoms with E-state index in [1.54, 1.807) is 0 Å². The molecule has 1 amide bonds. The lowest BCUT2D eigenvalue weighted by atomic mass is 9.91. The van der Waals surface area contributed by atoms with E-state index in [0.717, 1.165) is 71.0 Å². The van der Waals surface area contributed by atoms with Gasteiger partial charge in [-0.05, 0) is 61.8 Å². The third-order valence-electron chi connectivity index (χ3n) is 7.40. The molecule has 2 aliphatic heterocycles. The lowest BCUT2D eigenvalue weighted by molar-refractivity contribution is 0.0938. The van der Waals surface area contributed by atoms with Gasteiger partial charge in [0.25, 0.3) is 5.91 Å². The first kappa shape index (κ1) is 24.6. The molecule has 11 heteroatoms. The van der Waals surface area contributed by atoms with Crippen molar-refractivity contribution >= 4 is 61.2 Å². The number of likely N-dealkylation sites (tertiary alicyclic amines) is 1. The number of fused-ring (bicyclic) bond motifs is 2. The normalized spacial score (nSPS) is 20.3. The first-order chi connectivity index (χ1) is 18.0. The van der Waals surface area contributed by atoms with Gasteiger partial charge in [0.2, 0.25) is 5.95 Å². The van der Waals surface area contributed by atoms with E-state index in [9.17, 15) is 9.90 Å². The fourth-order valence-corrected chi connectivity index (χ4v) is 6.64. The fourth-order valence-electron chi connectivity index (χ4n) is 5.50. The van der Waals surface area contributed by atoms with E-state index >= 15 is 0 Å². The molecule has 2 aromatic carbocycles. The van der Waals surface area contributed by atoms with Crippen molar-refractivity contribution in [2.75, 3.05) is 44.6 Å². The Hall–Kier alpha value is -2.76. The molecule has 0 aliphatic carbocycles. The largest absolute Gasteiger partial charge is 0.395 e. The van der Waals surface area contributed by atoms with Gasteiger partial charge in [0.1, 0.15) is 0 Å². The second-order valence-corrected chi connectivity index (χ2v) is 11.3. The van der Waals surface area contributed by atoms with Crippen molar-refractivity contribution in [2.45, 2.75) is 24.8 Å². The Bertz CT molecular complexity index is 1460. The van der Waals surface area contributed by atoms with Crippen LogP contribution in [-0.4, -0.2) is 75.8 Å². The van der Waals surface area contributed by atoms with Crippen molar-refractivity contribution in [3.8, 4) is 0 Å². The van der Waals surface area contributed by atoms with Crippen LogP contribution in [0.1, 0.15) is 34.7 Å². The monoisotopic (exact) mass is 539 g/mol. The summed E-state index contributed by atoms with van der Waals surface area (Å²) in [6.07, 6.45) is 1.85. The van der Waals surface area contributed by atoms with Crippen molar-refractivity contribution in [2.24, 2.45) is 7.05 Å². The third-order valence-corrected chi connectivity index (χ3v) is 8.57. The number of halogens is 1. The van der Waals surface area contributed by atoms with Crippen LogP contribution in [0.25, 0.3) is 21.3 Å². The molecule has 4 N–H and O–H groups in total. The molecular weight excluding hydrogens is 510 g/mol. The van der Waals surface area contributed by atoms with Crippen LogP contribution in [0, 0.1) is 0 Å². The quantitative estimate of drug-likeness (QED) is 0.285. The van der Waals surface area contributed by atoms with E-state index in [1.165, 1.54) is 11.3 Å². The van der Waals surface area contributed by atoms with Gasteiger partial charge in [0.05, 0.1) is 27.9 Å². The molecule has 2 fully saturated rings. The van der Waals surface area contributed by atoms with Crippen LogP contribution in [0.4, 0.5) is 11.1 Å². The molecule has 0 saturated carbocycles. The number of thiazole rings is 1. The number of aliphatic hydroxyl groups excluding tert-OH is 1. The van der Waals surface area contributed by atoms with Crippen LogP contribution in [-0.2, 0) is 7.05 Å². The molecule has 2 aromatic heterocycles. The predicted molar refractivity (Wildman–Crippen MR) is 148 cm³/mol. The Kier molecular flexibility index (Phi) is 6.76. The highest BCUT2D eigenvalue weighted by Gasteiger charge is 2.31. The summed E-state index contributed by atoms with van der Waals surface area (Å²) < 4.78 is 3.02. The zero-order valence-electron chi connectivity index (χ0n) is 20.6. The molecule has 0 unspecified atom stereocenters. The Morgan fingerprint density at radius 1 is 1.27 bits per heavy atom. The van der Waals surface area contributed by atoms with E-state index in [0.29, 0.717) is 23.1 Å². The first-order valence-corrected chi connectivity index (χ1v) is 13.9. The predicted octanol–water partition coefficient (Wildman–Crippen LogP) is 3.45. The maximum absolute atomic E-state index is 13.5. The van der Waals surface area contributed by atoms with Crippen LogP contribution in [0.3, 0.4) is 0 Å². The van der Waals surface area contributed by atoms with Crippen LogP contribution in [0.15, 0.2) is 30.3 Å². The number of anilines is 2. The number of aryl methyl sites for hydroxylation is 1. The molecule has 0 spiro atoms. The minimum atomic E-state index is -0.0468. The van der Waals surface area contributed by atoms with Gasteiger partial charge in [-0.1, -0.05) is 22.9 Å². The van der Waals surface area contributed by atoms with Crippen LogP contribution in [0.2, 0.25) is 5.02 Å². The van der Waals surface area contributed by atoms with Crippen LogP contribution < -0.4 is 16.0 Å². The summed E-state index contributed by atoms with van der Waals surface area (Å²) in [5.41, 5.74) is 4.35. The van der Waals surface area contributed by atoms with Gasteiger partial charge in [-0.3, -0.25) is 4.79 Å². The van der Waals surface area contributed by atoms with Crippen molar-refractivity contribution in [3.63, 3.8) is 0 Å². The minimum Gasteiger partial charge on any atom is -0.395 e. The summed E-state index contributed by atoms with van der Waals surface area (Å²) in [5, 5.41) is 20.8. The summed E-state index contributed by atoms with van der Waals surface area (Å²) in [4.78, 5) is 25.4. The second kappa shape index (κ2) is 10.2. The number of nitrogens with zero attached hydrogens (tertiary/aromatic N) is 4. The van der Waals surface area contributed by atoms with E-state index < -0.39 is 0 Å². The van der Waals surface area contributed by atoms with Crippen molar-refractivity contribution in [3.05, 3.63) is 46.5 Å². The Labute approximate surface area is 223 Å². The number of amides is 1. The SMILES string of the molecule is Cn1c(Nc2nc3ccc(Cl)cc3s2)nc2c([C@H]3CCN(CCO)C3)c(C(=O)N[C@@H]3CCNC3)ccc21. The molecular formula is C26H30ClN7O2S. The van der Waals surface area contributed by atoms with Crippen molar-refractivity contribution in [1.29, 1.82) is 0 Å². The molecule has 0 radical (unpaired) electrons. The van der Waals surface area contributed by atoms with Gasteiger partial charge in [-0.2, -0.15) is 0 Å². The lowest BCUT2D eigenvalue weighted by Crippen LogP contribution is -2.37. The number of benzene rings is 2. The summed E-state index contributed by atoms with van der Waals surface area (Å²) in [6.45, 7) is 4.16. The smallest absolute Gasteiger partial charge is 0.251 e. The molecule has 4 heterocycles. The number of hydrogen-bond donors (Lipinski definition) is 4. The zero-order chi connectivity index (χ0) is 25.5. The van der Waals surface area contributed by atoms with E-state index in [4.69, 9.17) is 16.6 Å². The number of rotatable bonds is 7. The van der Waals surface area contributed by atoms with Gasteiger partial charge in [0, 0.05) is 49.2 Å². The van der Waals surface area contributed by atoms with Gasteiger partial charge in [0.15, 0.2) is 5.13 Å².